The van der Waals surface area contributed by atoms with Gasteiger partial charge < -0.3 is 10.1 Å². The Labute approximate surface area is 114 Å². The lowest BCUT2D eigenvalue weighted by Crippen LogP contribution is -2.45. The second-order valence-electron chi connectivity index (χ2n) is 5.16. The van der Waals surface area contributed by atoms with E-state index in [1.807, 2.05) is 0 Å². The summed E-state index contributed by atoms with van der Waals surface area (Å²) in [6.07, 6.45) is 2.90. The molecule has 1 aromatic rings. The summed E-state index contributed by atoms with van der Waals surface area (Å²) in [7, 11) is 0. The van der Waals surface area contributed by atoms with E-state index in [4.69, 9.17) is 4.74 Å². The maximum atomic E-state index is 12.7. The van der Waals surface area contributed by atoms with Crippen LogP contribution in [-0.4, -0.2) is 48.3 Å². The Balaban J connectivity index is 1.65. The maximum absolute atomic E-state index is 12.7. The zero-order valence-electron chi connectivity index (χ0n) is 11.6. The smallest absolute Gasteiger partial charge is 0.141 e. The van der Waals surface area contributed by atoms with E-state index in [0.717, 1.165) is 38.4 Å². The van der Waals surface area contributed by atoms with Crippen molar-refractivity contribution in [3.8, 4) is 0 Å². The van der Waals surface area contributed by atoms with E-state index in [1.54, 1.807) is 6.07 Å². The summed E-state index contributed by atoms with van der Waals surface area (Å²) in [4.78, 5) is 6.40. The molecular formula is C14H22FN3O. The van der Waals surface area contributed by atoms with Gasteiger partial charge >= 0.3 is 0 Å². The molecular weight excluding hydrogens is 245 g/mol. The minimum absolute atomic E-state index is 0.304. The fourth-order valence-electron chi connectivity index (χ4n) is 2.47. The van der Waals surface area contributed by atoms with Gasteiger partial charge in [0.15, 0.2) is 0 Å². The third kappa shape index (κ3) is 4.76. The van der Waals surface area contributed by atoms with Crippen LogP contribution in [0.5, 0.6) is 0 Å². The first kappa shape index (κ1) is 14.2. The molecule has 5 heteroatoms. The molecule has 0 spiro atoms. The van der Waals surface area contributed by atoms with Gasteiger partial charge in [-0.15, -0.1) is 0 Å². The molecule has 1 aliphatic rings. The van der Waals surface area contributed by atoms with Crippen molar-refractivity contribution in [3.05, 3.63) is 24.1 Å². The van der Waals surface area contributed by atoms with Crippen LogP contribution in [-0.2, 0) is 4.74 Å². The van der Waals surface area contributed by atoms with E-state index in [-0.39, 0.29) is 5.82 Å². The maximum Gasteiger partial charge on any atom is 0.141 e. The van der Waals surface area contributed by atoms with Gasteiger partial charge in [-0.3, -0.25) is 4.90 Å². The van der Waals surface area contributed by atoms with E-state index < -0.39 is 0 Å². The van der Waals surface area contributed by atoms with E-state index in [0.29, 0.717) is 12.2 Å². The molecule has 0 amide bonds. The highest BCUT2D eigenvalue weighted by molar-refractivity contribution is 5.33. The Morgan fingerprint density at radius 1 is 1.37 bits per heavy atom. The van der Waals surface area contributed by atoms with Gasteiger partial charge in [0.05, 0.1) is 18.4 Å². The first-order chi connectivity index (χ1) is 9.13. The zero-order chi connectivity index (χ0) is 13.7. The summed E-state index contributed by atoms with van der Waals surface area (Å²) in [6.45, 7) is 8.12. The fraction of sp³-hybridized carbons (Fsp3) is 0.643. The predicted octanol–water partition coefficient (Wildman–Crippen LogP) is 2.13. The van der Waals surface area contributed by atoms with Crippen molar-refractivity contribution in [1.29, 1.82) is 0 Å². The molecule has 1 aromatic heterocycles. The molecule has 1 N–H and O–H groups in total. The predicted molar refractivity (Wildman–Crippen MR) is 73.8 cm³/mol. The Kier molecular flexibility index (Phi) is 5.10. The van der Waals surface area contributed by atoms with Crippen molar-refractivity contribution in [1.82, 2.24) is 9.88 Å². The second kappa shape index (κ2) is 6.82. The van der Waals surface area contributed by atoms with Crippen LogP contribution in [0.2, 0.25) is 0 Å². The number of aromatic nitrogens is 1. The first-order valence-electron chi connectivity index (χ1n) is 6.86. The molecule has 4 nitrogen and oxygen atoms in total. The van der Waals surface area contributed by atoms with Crippen LogP contribution in [0.3, 0.4) is 0 Å². The summed E-state index contributed by atoms with van der Waals surface area (Å²) in [5.41, 5.74) is 0. The normalized spacial score (nSPS) is 24.4. The lowest BCUT2D eigenvalue weighted by molar-refractivity contribution is -0.0678. The van der Waals surface area contributed by atoms with E-state index in [2.05, 4.69) is 29.0 Å². The first-order valence-corrected chi connectivity index (χ1v) is 6.86. The van der Waals surface area contributed by atoms with Gasteiger partial charge in [-0.25, -0.2) is 9.37 Å². The van der Waals surface area contributed by atoms with Crippen molar-refractivity contribution in [3.63, 3.8) is 0 Å². The highest BCUT2D eigenvalue weighted by atomic mass is 19.1. The van der Waals surface area contributed by atoms with Crippen molar-refractivity contribution in [2.45, 2.75) is 32.5 Å². The van der Waals surface area contributed by atoms with Gasteiger partial charge in [0.25, 0.3) is 0 Å². The molecule has 1 fully saturated rings. The average Bonchev–Trinajstić information content (AvgIpc) is 2.36. The van der Waals surface area contributed by atoms with Crippen LogP contribution >= 0.6 is 0 Å². The molecule has 19 heavy (non-hydrogen) atoms. The zero-order valence-corrected chi connectivity index (χ0v) is 11.6. The number of ether oxygens (including phenoxy) is 1. The van der Waals surface area contributed by atoms with Crippen molar-refractivity contribution in [2.24, 2.45) is 0 Å². The van der Waals surface area contributed by atoms with Crippen molar-refractivity contribution in [2.75, 3.05) is 31.5 Å². The number of halogens is 1. The van der Waals surface area contributed by atoms with Crippen LogP contribution in [0.4, 0.5) is 10.2 Å². The summed E-state index contributed by atoms with van der Waals surface area (Å²) in [5.74, 6) is 0.423. The topological polar surface area (TPSA) is 37.4 Å². The number of pyridine rings is 1. The van der Waals surface area contributed by atoms with E-state index in [1.165, 1.54) is 12.3 Å². The molecule has 2 heterocycles. The number of morpholine rings is 1. The summed E-state index contributed by atoms with van der Waals surface area (Å²) in [6, 6.07) is 3.08. The number of nitrogens with zero attached hydrogens (tertiary/aromatic N) is 2. The van der Waals surface area contributed by atoms with Gasteiger partial charge in [-0.1, -0.05) is 0 Å². The van der Waals surface area contributed by atoms with Crippen molar-refractivity contribution < 1.29 is 9.13 Å². The SMILES string of the molecule is C[C@@H]1CN(CCCNc2ccc(F)cn2)C[C@H](C)O1. The number of hydrogen-bond donors (Lipinski definition) is 1. The van der Waals surface area contributed by atoms with Crippen LogP contribution < -0.4 is 5.32 Å². The monoisotopic (exact) mass is 267 g/mol. The molecule has 0 aliphatic carbocycles. The number of nitrogens with one attached hydrogen (secondary N) is 1. The third-order valence-corrected chi connectivity index (χ3v) is 3.18. The van der Waals surface area contributed by atoms with Crippen LogP contribution in [0.1, 0.15) is 20.3 Å². The minimum atomic E-state index is -0.304. The largest absolute Gasteiger partial charge is 0.373 e. The quantitative estimate of drug-likeness (QED) is 0.829. The molecule has 0 unspecified atom stereocenters. The lowest BCUT2D eigenvalue weighted by Gasteiger charge is -2.35. The Morgan fingerprint density at radius 2 is 2.11 bits per heavy atom. The van der Waals surface area contributed by atoms with Crippen molar-refractivity contribution >= 4 is 5.82 Å². The number of rotatable bonds is 5. The standard InChI is InChI=1S/C14H22FN3O/c1-11-9-18(10-12(2)19-11)7-3-6-16-14-5-4-13(15)8-17-14/h4-5,8,11-12H,3,6-7,9-10H2,1-2H3,(H,16,17)/t11-,12+. The molecule has 0 bridgehead atoms. The van der Waals surface area contributed by atoms with Gasteiger partial charge in [0, 0.05) is 26.2 Å². The van der Waals surface area contributed by atoms with Crippen LogP contribution in [0.15, 0.2) is 18.3 Å². The van der Waals surface area contributed by atoms with Crippen LogP contribution in [0.25, 0.3) is 0 Å². The molecule has 0 saturated carbocycles. The average molecular weight is 267 g/mol. The van der Waals surface area contributed by atoms with Gasteiger partial charge in [-0.05, 0) is 32.4 Å². The molecule has 0 aromatic carbocycles. The highest BCUT2D eigenvalue weighted by Crippen LogP contribution is 2.11. The van der Waals surface area contributed by atoms with Crippen LogP contribution in [0, 0.1) is 5.82 Å². The molecule has 106 valence electrons. The van der Waals surface area contributed by atoms with Gasteiger partial charge in [0.2, 0.25) is 0 Å². The molecule has 1 aliphatic heterocycles. The molecule has 2 rings (SSSR count). The molecule has 2 atom stereocenters. The second-order valence-corrected chi connectivity index (χ2v) is 5.16. The van der Waals surface area contributed by atoms with Gasteiger partial charge in [-0.2, -0.15) is 0 Å². The van der Waals surface area contributed by atoms with Gasteiger partial charge in [0.1, 0.15) is 11.6 Å². The Bertz CT molecular complexity index is 375. The molecule has 0 radical (unpaired) electrons. The summed E-state index contributed by atoms with van der Waals surface area (Å²) < 4.78 is 18.4. The summed E-state index contributed by atoms with van der Waals surface area (Å²) >= 11 is 0. The van der Waals surface area contributed by atoms with E-state index in [9.17, 15) is 4.39 Å². The molecule has 1 saturated heterocycles. The number of hydrogen-bond acceptors (Lipinski definition) is 4. The Hall–Kier alpha value is -1.20. The van der Waals surface area contributed by atoms with E-state index >= 15 is 0 Å². The minimum Gasteiger partial charge on any atom is -0.373 e. The summed E-state index contributed by atoms with van der Waals surface area (Å²) in [5, 5.41) is 3.20. The third-order valence-electron chi connectivity index (χ3n) is 3.18. The lowest BCUT2D eigenvalue weighted by atomic mass is 10.2. The fourth-order valence-corrected chi connectivity index (χ4v) is 2.47. The number of anilines is 1. The highest BCUT2D eigenvalue weighted by Gasteiger charge is 2.21. The Morgan fingerprint density at radius 3 is 2.74 bits per heavy atom.